The Hall–Kier alpha value is -3.27. The van der Waals surface area contributed by atoms with Crippen LogP contribution in [0.3, 0.4) is 0 Å². The molecule has 4 N–H and O–H groups in total. The van der Waals surface area contributed by atoms with Crippen molar-refractivity contribution in [3.8, 4) is 11.9 Å². The van der Waals surface area contributed by atoms with E-state index in [9.17, 15) is 10.1 Å². The highest BCUT2D eigenvalue weighted by atomic mass is 16.5. The Kier molecular flexibility index (Phi) is 4.20. The summed E-state index contributed by atoms with van der Waals surface area (Å²) in [4.78, 5) is 11.2. The minimum Gasteiger partial charge on any atom is -0.420 e. The van der Waals surface area contributed by atoms with Crippen LogP contribution in [-0.2, 0) is 10.2 Å². The molecule has 7 heteroatoms. The highest BCUT2D eigenvalue weighted by Gasteiger charge is 2.37. The molecular formula is C19H21N5O2. The number of carbonyl (C=O) groups excluding carboxylic acids is 1. The van der Waals surface area contributed by atoms with Crippen molar-refractivity contribution < 1.29 is 9.53 Å². The van der Waals surface area contributed by atoms with Crippen molar-refractivity contribution in [3.63, 3.8) is 0 Å². The van der Waals surface area contributed by atoms with Crippen LogP contribution < -0.4 is 15.8 Å². The Morgan fingerprint density at radius 3 is 2.54 bits per heavy atom. The fourth-order valence-electron chi connectivity index (χ4n) is 3.11. The topological polar surface area (TPSA) is 117 Å². The van der Waals surface area contributed by atoms with Crippen LogP contribution in [0.4, 0.5) is 5.69 Å². The molecule has 0 radical (unpaired) electrons. The van der Waals surface area contributed by atoms with E-state index in [2.05, 4.69) is 42.4 Å². The van der Waals surface area contributed by atoms with Gasteiger partial charge in [-0.25, -0.2) is 0 Å². The number of amides is 1. The van der Waals surface area contributed by atoms with Crippen molar-refractivity contribution in [2.45, 2.75) is 39.0 Å². The van der Waals surface area contributed by atoms with E-state index in [1.165, 1.54) is 6.92 Å². The standard InChI is InChI=1S/C19H21N5O2/c1-10(25)22-12-7-5-11(6-8-12)14-13(9-20)17(21)26-18-15(14)16(23-24-18)19(2,3)4/h5-8,14H,21H2,1-4H3,(H,22,25)(H,23,24)/t14-/m0/s1. The van der Waals surface area contributed by atoms with Gasteiger partial charge in [0.05, 0.1) is 11.5 Å². The van der Waals surface area contributed by atoms with E-state index in [-0.39, 0.29) is 23.1 Å². The second kappa shape index (κ2) is 6.23. The number of nitrogens with two attached hydrogens (primary N) is 1. The lowest BCUT2D eigenvalue weighted by atomic mass is 9.79. The number of H-pyrrole nitrogens is 1. The van der Waals surface area contributed by atoms with E-state index in [1.54, 1.807) is 12.1 Å². The molecule has 7 nitrogen and oxygen atoms in total. The van der Waals surface area contributed by atoms with Gasteiger partial charge < -0.3 is 15.8 Å². The second-order valence-electron chi connectivity index (χ2n) is 7.30. The van der Waals surface area contributed by atoms with Gasteiger partial charge in [0.2, 0.25) is 17.7 Å². The van der Waals surface area contributed by atoms with E-state index in [0.717, 1.165) is 16.8 Å². The van der Waals surface area contributed by atoms with Crippen molar-refractivity contribution in [1.29, 1.82) is 5.26 Å². The lowest BCUT2D eigenvalue weighted by Crippen LogP contribution is -2.23. The molecule has 1 atom stereocenters. The Labute approximate surface area is 151 Å². The van der Waals surface area contributed by atoms with Crippen LogP contribution in [0.2, 0.25) is 0 Å². The molecule has 1 aliphatic rings. The van der Waals surface area contributed by atoms with Crippen molar-refractivity contribution in [1.82, 2.24) is 10.2 Å². The summed E-state index contributed by atoms with van der Waals surface area (Å²) in [5, 5.41) is 19.7. The third-order valence-electron chi connectivity index (χ3n) is 4.25. The molecule has 26 heavy (non-hydrogen) atoms. The molecule has 0 saturated heterocycles. The zero-order chi connectivity index (χ0) is 19.1. The van der Waals surface area contributed by atoms with E-state index < -0.39 is 0 Å². The van der Waals surface area contributed by atoms with Crippen LogP contribution in [-0.4, -0.2) is 16.1 Å². The molecule has 0 fully saturated rings. The maximum atomic E-state index is 11.2. The number of fused-ring (bicyclic) bond motifs is 1. The van der Waals surface area contributed by atoms with E-state index in [1.807, 2.05) is 12.1 Å². The molecule has 2 aromatic rings. The summed E-state index contributed by atoms with van der Waals surface area (Å²) in [6.45, 7) is 7.64. The van der Waals surface area contributed by atoms with Crippen LogP contribution >= 0.6 is 0 Å². The Morgan fingerprint density at radius 1 is 1.35 bits per heavy atom. The average Bonchev–Trinajstić information content (AvgIpc) is 2.97. The molecule has 1 amide bonds. The van der Waals surface area contributed by atoms with Crippen molar-refractivity contribution in [3.05, 3.63) is 52.5 Å². The van der Waals surface area contributed by atoms with Crippen molar-refractivity contribution in [2.24, 2.45) is 5.73 Å². The monoisotopic (exact) mass is 351 g/mol. The fourth-order valence-corrected chi connectivity index (χ4v) is 3.11. The first-order chi connectivity index (χ1) is 12.2. The summed E-state index contributed by atoms with van der Waals surface area (Å²) in [7, 11) is 0. The number of hydrogen-bond donors (Lipinski definition) is 3. The van der Waals surface area contributed by atoms with Crippen LogP contribution in [0.25, 0.3) is 0 Å². The van der Waals surface area contributed by atoms with Crippen molar-refractivity contribution in [2.75, 3.05) is 5.32 Å². The number of anilines is 1. The summed E-state index contributed by atoms with van der Waals surface area (Å²) in [5.41, 5.74) is 9.36. The van der Waals surface area contributed by atoms with Gasteiger partial charge in [-0.05, 0) is 17.7 Å². The van der Waals surface area contributed by atoms with E-state index >= 15 is 0 Å². The molecule has 0 saturated carbocycles. The molecule has 0 bridgehead atoms. The molecule has 134 valence electrons. The molecule has 1 aromatic heterocycles. The van der Waals surface area contributed by atoms with Gasteiger partial charge in [0.25, 0.3) is 0 Å². The molecule has 3 rings (SSSR count). The lowest BCUT2D eigenvalue weighted by molar-refractivity contribution is -0.114. The Bertz CT molecular complexity index is 926. The van der Waals surface area contributed by atoms with Gasteiger partial charge in [-0.2, -0.15) is 5.26 Å². The van der Waals surface area contributed by atoms with Gasteiger partial charge >= 0.3 is 0 Å². The Morgan fingerprint density at radius 2 is 2.00 bits per heavy atom. The highest BCUT2D eigenvalue weighted by Crippen LogP contribution is 2.45. The number of allylic oxidation sites excluding steroid dienone is 1. The number of hydrogen-bond acceptors (Lipinski definition) is 5. The van der Waals surface area contributed by atoms with Gasteiger partial charge in [0, 0.05) is 23.7 Å². The van der Waals surface area contributed by atoms with Crippen molar-refractivity contribution >= 4 is 11.6 Å². The minimum atomic E-state index is -0.386. The normalized spacial score (nSPS) is 16.5. The molecular weight excluding hydrogens is 330 g/mol. The number of ether oxygens (including phenoxy) is 1. The fraction of sp³-hybridized carbons (Fsp3) is 0.316. The number of benzene rings is 1. The van der Waals surface area contributed by atoms with Gasteiger partial charge in [-0.3, -0.25) is 9.89 Å². The summed E-state index contributed by atoms with van der Waals surface area (Å²) in [5.74, 6) is -0.0776. The number of aromatic nitrogens is 2. The largest absolute Gasteiger partial charge is 0.420 e. The molecule has 1 aliphatic heterocycles. The number of nitrogens with zero attached hydrogens (tertiary/aromatic N) is 2. The van der Waals surface area contributed by atoms with Gasteiger partial charge in [-0.1, -0.05) is 32.9 Å². The smallest absolute Gasteiger partial charge is 0.244 e. The molecule has 0 spiro atoms. The molecule has 0 aliphatic carbocycles. The third-order valence-corrected chi connectivity index (χ3v) is 4.25. The zero-order valence-corrected chi connectivity index (χ0v) is 15.2. The quantitative estimate of drug-likeness (QED) is 0.769. The number of carbonyl (C=O) groups is 1. The average molecular weight is 351 g/mol. The third kappa shape index (κ3) is 3.02. The maximum absolute atomic E-state index is 11.2. The second-order valence-corrected chi connectivity index (χ2v) is 7.30. The lowest BCUT2D eigenvalue weighted by Gasteiger charge is -2.27. The number of rotatable bonds is 2. The summed E-state index contributed by atoms with van der Waals surface area (Å²) < 4.78 is 5.57. The first-order valence-corrected chi connectivity index (χ1v) is 8.26. The van der Waals surface area contributed by atoms with Gasteiger partial charge in [-0.15, -0.1) is 5.10 Å². The van der Waals surface area contributed by atoms with E-state index in [0.29, 0.717) is 17.1 Å². The predicted molar refractivity (Wildman–Crippen MR) is 97.3 cm³/mol. The van der Waals surface area contributed by atoms with E-state index in [4.69, 9.17) is 10.5 Å². The minimum absolute atomic E-state index is 0.0582. The zero-order valence-electron chi connectivity index (χ0n) is 15.2. The number of nitriles is 1. The molecule has 1 aromatic carbocycles. The number of aromatic amines is 1. The SMILES string of the molecule is CC(=O)Nc1ccc([C@H]2C(C#N)=C(N)Oc3n[nH]c(C(C)(C)C)c32)cc1. The summed E-state index contributed by atoms with van der Waals surface area (Å²) in [6, 6.07) is 9.52. The van der Waals surface area contributed by atoms with Gasteiger partial charge in [0.15, 0.2) is 0 Å². The Balaban J connectivity index is 2.14. The number of nitrogens with one attached hydrogen (secondary N) is 2. The predicted octanol–water partition coefficient (Wildman–Crippen LogP) is 2.88. The summed E-state index contributed by atoms with van der Waals surface area (Å²) in [6.07, 6.45) is 0. The van der Waals surface area contributed by atoms with Crippen LogP contribution in [0.15, 0.2) is 35.7 Å². The highest BCUT2D eigenvalue weighted by molar-refractivity contribution is 5.88. The maximum Gasteiger partial charge on any atom is 0.244 e. The first-order valence-electron chi connectivity index (χ1n) is 8.26. The molecule has 2 heterocycles. The van der Waals surface area contributed by atoms with Gasteiger partial charge in [0.1, 0.15) is 11.6 Å². The van der Waals surface area contributed by atoms with Crippen LogP contribution in [0.1, 0.15) is 50.4 Å². The first kappa shape index (κ1) is 17.5. The molecule has 0 unspecified atom stereocenters. The van der Waals surface area contributed by atoms with Crippen LogP contribution in [0, 0.1) is 11.3 Å². The van der Waals surface area contributed by atoms with Crippen LogP contribution in [0.5, 0.6) is 5.88 Å². The summed E-state index contributed by atoms with van der Waals surface area (Å²) >= 11 is 0.